The van der Waals surface area contributed by atoms with Crippen LogP contribution in [0.15, 0.2) is 28.7 Å². The molecule has 2 aromatic rings. The Morgan fingerprint density at radius 3 is 2.88 bits per heavy atom. The number of nitrogens with zero attached hydrogens (tertiary/aromatic N) is 2. The van der Waals surface area contributed by atoms with Crippen molar-refractivity contribution >= 4 is 27.8 Å². The molecule has 0 radical (unpaired) electrons. The maximum absolute atomic E-state index is 12.6. The molecule has 1 aromatic heterocycles. The van der Waals surface area contributed by atoms with E-state index in [0.717, 1.165) is 47.1 Å². The van der Waals surface area contributed by atoms with Crippen molar-refractivity contribution in [2.75, 3.05) is 13.7 Å². The first-order chi connectivity index (χ1) is 12.6. The number of aromatic nitrogens is 2. The molecule has 1 aliphatic carbocycles. The number of fused-ring (bicyclic) bond motifs is 1. The maximum atomic E-state index is 12.6. The van der Waals surface area contributed by atoms with E-state index in [1.165, 1.54) is 7.11 Å². The summed E-state index contributed by atoms with van der Waals surface area (Å²) in [5.41, 5.74) is 3.61. The van der Waals surface area contributed by atoms with Gasteiger partial charge in [0.05, 0.1) is 12.8 Å². The van der Waals surface area contributed by atoms with Gasteiger partial charge < -0.3 is 10.1 Å². The van der Waals surface area contributed by atoms with Crippen LogP contribution in [0.5, 0.6) is 0 Å². The number of carbonyl (C=O) groups excluding carboxylic acids is 2. The average Bonchev–Trinajstić information content (AvgIpc) is 3.04. The molecule has 0 unspecified atom stereocenters. The van der Waals surface area contributed by atoms with E-state index in [2.05, 4.69) is 31.1 Å². The lowest BCUT2D eigenvalue weighted by Crippen LogP contribution is -2.26. The quantitative estimate of drug-likeness (QED) is 0.576. The summed E-state index contributed by atoms with van der Waals surface area (Å²) in [5, 5.41) is 7.50. The fourth-order valence-electron chi connectivity index (χ4n) is 3.22. The molecule has 0 aliphatic heterocycles. The Kier molecular flexibility index (Phi) is 6.08. The first-order valence-corrected chi connectivity index (χ1v) is 9.61. The van der Waals surface area contributed by atoms with E-state index in [-0.39, 0.29) is 11.9 Å². The molecule has 7 heteroatoms. The summed E-state index contributed by atoms with van der Waals surface area (Å²) < 4.78 is 7.47. The minimum atomic E-state index is -0.268. The molecule has 0 bridgehead atoms. The van der Waals surface area contributed by atoms with Crippen molar-refractivity contribution < 1.29 is 14.3 Å². The first kappa shape index (κ1) is 18.6. The molecule has 3 rings (SSSR count). The molecule has 1 N–H and O–H groups in total. The van der Waals surface area contributed by atoms with E-state index in [9.17, 15) is 9.59 Å². The van der Waals surface area contributed by atoms with Gasteiger partial charge in [0, 0.05) is 28.7 Å². The van der Waals surface area contributed by atoms with Crippen molar-refractivity contribution in [2.24, 2.45) is 0 Å². The Labute approximate surface area is 161 Å². The summed E-state index contributed by atoms with van der Waals surface area (Å²) in [7, 11) is 1.36. The van der Waals surface area contributed by atoms with Crippen LogP contribution in [0, 0.1) is 0 Å². The summed E-state index contributed by atoms with van der Waals surface area (Å²) in [6.45, 7) is 0.423. The molecule has 0 saturated carbocycles. The predicted octanol–water partition coefficient (Wildman–Crippen LogP) is 3.20. The van der Waals surface area contributed by atoms with E-state index in [0.29, 0.717) is 25.1 Å². The number of carbonyl (C=O) groups is 2. The number of hydrogen-bond acceptors (Lipinski definition) is 4. The molecule has 1 amide bonds. The normalized spacial score (nSPS) is 13.2. The maximum Gasteiger partial charge on any atom is 0.305 e. The molecule has 0 fully saturated rings. The zero-order valence-corrected chi connectivity index (χ0v) is 16.3. The lowest BCUT2D eigenvalue weighted by atomic mass is 9.95. The van der Waals surface area contributed by atoms with Gasteiger partial charge in [-0.1, -0.05) is 22.0 Å². The van der Waals surface area contributed by atoms with Gasteiger partial charge >= 0.3 is 5.97 Å². The fraction of sp³-hybridized carbons (Fsp3) is 0.421. The smallest absolute Gasteiger partial charge is 0.305 e. The molecule has 138 valence electrons. The summed E-state index contributed by atoms with van der Waals surface area (Å²) >= 11 is 3.49. The van der Waals surface area contributed by atoms with E-state index in [1.54, 1.807) is 0 Å². The average molecular weight is 420 g/mol. The Morgan fingerprint density at radius 2 is 2.12 bits per heavy atom. The monoisotopic (exact) mass is 419 g/mol. The lowest BCUT2D eigenvalue weighted by molar-refractivity contribution is -0.140. The highest BCUT2D eigenvalue weighted by atomic mass is 79.9. The number of benzene rings is 1. The molecular formula is C19H22BrN3O3. The van der Waals surface area contributed by atoms with Crippen LogP contribution in [-0.2, 0) is 22.4 Å². The van der Waals surface area contributed by atoms with Gasteiger partial charge in [-0.25, -0.2) is 4.68 Å². The third kappa shape index (κ3) is 4.15. The molecular weight excluding hydrogens is 398 g/mol. The number of halogens is 1. The number of amides is 1. The van der Waals surface area contributed by atoms with Gasteiger partial charge in [0.15, 0.2) is 5.69 Å². The van der Waals surface area contributed by atoms with Gasteiger partial charge in [-0.15, -0.1) is 0 Å². The summed E-state index contributed by atoms with van der Waals surface area (Å²) in [5.74, 6) is -0.447. The molecule has 1 heterocycles. The van der Waals surface area contributed by atoms with E-state index >= 15 is 0 Å². The molecule has 1 aliphatic rings. The van der Waals surface area contributed by atoms with Crippen LogP contribution in [0.2, 0.25) is 0 Å². The second-order valence-electron chi connectivity index (χ2n) is 6.31. The SMILES string of the molecule is COC(=O)CCCNC(=O)c1nn(-c2cccc(Br)c2)c2c1CCCC2. The van der Waals surface area contributed by atoms with Crippen LogP contribution >= 0.6 is 15.9 Å². The number of hydrogen-bond donors (Lipinski definition) is 1. The number of esters is 1. The van der Waals surface area contributed by atoms with E-state index in [1.807, 2.05) is 28.9 Å². The second-order valence-corrected chi connectivity index (χ2v) is 7.22. The summed E-state index contributed by atoms with van der Waals surface area (Å²) in [6.07, 6.45) is 4.81. The van der Waals surface area contributed by atoms with Crippen LogP contribution in [0.25, 0.3) is 5.69 Å². The Morgan fingerprint density at radius 1 is 1.31 bits per heavy atom. The Hall–Kier alpha value is -2.15. The van der Waals surface area contributed by atoms with Gasteiger partial charge in [-0.3, -0.25) is 9.59 Å². The second kappa shape index (κ2) is 8.49. The zero-order chi connectivity index (χ0) is 18.5. The van der Waals surface area contributed by atoms with Crippen LogP contribution in [-0.4, -0.2) is 35.3 Å². The molecule has 0 saturated heterocycles. The summed E-state index contributed by atoms with van der Waals surface area (Å²) in [6, 6.07) is 7.92. The minimum Gasteiger partial charge on any atom is -0.469 e. The largest absolute Gasteiger partial charge is 0.469 e. The van der Waals surface area contributed by atoms with Gasteiger partial charge in [-0.05, 0) is 50.3 Å². The van der Waals surface area contributed by atoms with Crippen LogP contribution in [0.1, 0.15) is 47.4 Å². The standard InChI is InChI=1S/C19H22BrN3O3/c1-26-17(24)10-5-11-21-19(25)18-15-8-2-3-9-16(15)23(22-18)14-7-4-6-13(20)12-14/h4,6-7,12H,2-3,5,8-11H2,1H3,(H,21,25). The molecule has 0 spiro atoms. The highest BCUT2D eigenvalue weighted by Gasteiger charge is 2.25. The molecule has 6 nitrogen and oxygen atoms in total. The van der Waals surface area contributed by atoms with Gasteiger partial charge in [0.2, 0.25) is 0 Å². The molecule has 0 atom stereocenters. The van der Waals surface area contributed by atoms with Crippen LogP contribution in [0.3, 0.4) is 0 Å². The first-order valence-electron chi connectivity index (χ1n) is 8.82. The van der Waals surface area contributed by atoms with Crippen molar-refractivity contribution in [2.45, 2.75) is 38.5 Å². The number of methoxy groups -OCH3 is 1. The fourth-order valence-corrected chi connectivity index (χ4v) is 3.61. The lowest BCUT2D eigenvalue weighted by Gasteiger charge is -2.14. The van der Waals surface area contributed by atoms with Crippen LogP contribution < -0.4 is 5.32 Å². The number of ether oxygens (including phenoxy) is 1. The highest BCUT2D eigenvalue weighted by Crippen LogP contribution is 2.27. The number of rotatable bonds is 6. The van der Waals surface area contributed by atoms with Crippen molar-refractivity contribution in [3.63, 3.8) is 0 Å². The minimum absolute atomic E-state index is 0.179. The van der Waals surface area contributed by atoms with Crippen molar-refractivity contribution in [1.29, 1.82) is 0 Å². The molecule has 26 heavy (non-hydrogen) atoms. The number of nitrogens with one attached hydrogen (secondary N) is 1. The zero-order valence-electron chi connectivity index (χ0n) is 14.8. The third-order valence-electron chi connectivity index (χ3n) is 4.52. The van der Waals surface area contributed by atoms with Gasteiger partial charge in [0.25, 0.3) is 5.91 Å². The van der Waals surface area contributed by atoms with E-state index in [4.69, 9.17) is 0 Å². The summed E-state index contributed by atoms with van der Waals surface area (Å²) in [4.78, 5) is 23.8. The van der Waals surface area contributed by atoms with E-state index < -0.39 is 0 Å². The van der Waals surface area contributed by atoms with Crippen LogP contribution in [0.4, 0.5) is 0 Å². The van der Waals surface area contributed by atoms with Crippen molar-refractivity contribution in [3.8, 4) is 5.69 Å². The van der Waals surface area contributed by atoms with Gasteiger partial charge in [-0.2, -0.15) is 5.10 Å². The predicted molar refractivity (Wildman–Crippen MR) is 101 cm³/mol. The Balaban J connectivity index is 1.79. The third-order valence-corrected chi connectivity index (χ3v) is 5.01. The molecule has 1 aromatic carbocycles. The van der Waals surface area contributed by atoms with Crippen molar-refractivity contribution in [1.82, 2.24) is 15.1 Å². The Bertz CT molecular complexity index is 816. The van der Waals surface area contributed by atoms with Crippen molar-refractivity contribution in [3.05, 3.63) is 45.7 Å². The topological polar surface area (TPSA) is 73.2 Å². The highest BCUT2D eigenvalue weighted by molar-refractivity contribution is 9.10. The van der Waals surface area contributed by atoms with Gasteiger partial charge in [0.1, 0.15) is 0 Å².